The van der Waals surface area contributed by atoms with Gasteiger partial charge in [-0.2, -0.15) is 4.98 Å². The molecule has 224 valence electrons. The van der Waals surface area contributed by atoms with Gasteiger partial charge >= 0.3 is 11.9 Å². The number of carboxylic acids is 2. The van der Waals surface area contributed by atoms with Crippen LogP contribution >= 0.6 is 0 Å². The number of anilines is 1. The standard InChI is InChI=1S/C21H23N5O6.7CH4/c22-21-25-17-14(19(30)26-21)10-13(23-17)6-2-4-11-3-1-5-12(9-11)18(29)24-15(20(31)32)7-8-16(27)28;;;;;;;/h1,3,5,9-10,15H,2,4,6-8H2,(H,24,29)(H,27,28)(H,31,32)(H4,22,23,25,26,30);7*1H4/t15-;;;;;;;/m0......./s1. The molecule has 0 unspecified atom stereocenters. The molecule has 0 aliphatic rings. The topological polar surface area (TPSA) is 191 Å². The fourth-order valence-corrected chi connectivity index (χ4v) is 3.34. The number of hydrogen-bond donors (Lipinski definition) is 6. The first-order chi connectivity index (χ1) is 15.2. The Morgan fingerprint density at radius 3 is 2.18 bits per heavy atom. The number of carbonyl (C=O) groups excluding carboxylic acids is 1. The zero-order chi connectivity index (χ0) is 23.3. The van der Waals surface area contributed by atoms with Gasteiger partial charge in [-0.05, 0) is 49.4 Å². The van der Waals surface area contributed by atoms with E-state index in [1.165, 1.54) is 0 Å². The lowest BCUT2D eigenvalue weighted by molar-refractivity contribution is -0.140. The number of rotatable bonds is 10. The molecule has 2 aromatic heterocycles. The summed E-state index contributed by atoms with van der Waals surface area (Å²) in [6, 6.07) is 7.24. The summed E-state index contributed by atoms with van der Waals surface area (Å²) >= 11 is 0. The second-order valence-corrected chi connectivity index (χ2v) is 7.36. The van der Waals surface area contributed by atoms with E-state index in [0.717, 1.165) is 17.7 Å². The van der Waals surface area contributed by atoms with Crippen LogP contribution in [0, 0.1) is 0 Å². The molecule has 1 atom stereocenters. The van der Waals surface area contributed by atoms with Gasteiger partial charge in [0, 0.05) is 17.7 Å². The lowest BCUT2D eigenvalue weighted by Gasteiger charge is -2.14. The monoisotopic (exact) mass is 553 g/mol. The number of nitrogen functional groups attached to an aromatic ring is 1. The smallest absolute Gasteiger partial charge is 0.326 e. The van der Waals surface area contributed by atoms with Gasteiger partial charge in [0.15, 0.2) is 0 Å². The molecule has 3 rings (SSSR count). The number of carbonyl (C=O) groups is 3. The zero-order valence-corrected chi connectivity index (χ0v) is 17.1. The molecule has 0 saturated carbocycles. The Morgan fingerprint density at radius 2 is 1.59 bits per heavy atom. The molecule has 0 bridgehead atoms. The Balaban J connectivity index is -0.000000550. The van der Waals surface area contributed by atoms with E-state index in [9.17, 15) is 24.3 Å². The summed E-state index contributed by atoms with van der Waals surface area (Å²) in [5.41, 5.74) is 7.67. The molecule has 1 aromatic carbocycles. The summed E-state index contributed by atoms with van der Waals surface area (Å²) in [6.07, 6.45) is 1.44. The van der Waals surface area contributed by atoms with Gasteiger partial charge in [-0.25, -0.2) is 4.79 Å². The summed E-state index contributed by atoms with van der Waals surface area (Å²) in [5.74, 6) is -2.96. The number of aromatic amines is 2. The second kappa shape index (κ2) is 19.9. The number of nitrogens with one attached hydrogen (secondary N) is 3. The van der Waals surface area contributed by atoms with Crippen LogP contribution in [0.2, 0.25) is 0 Å². The number of benzene rings is 1. The molecule has 7 N–H and O–H groups in total. The number of aryl methyl sites for hydroxylation is 2. The highest BCUT2D eigenvalue weighted by atomic mass is 16.4. The van der Waals surface area contributed by atoms with Crippen LogP contribution in [0.5, 0.6) is 0 Å². The minimum atomic E-state index is -1.29. The van der Waals surface area contributed by atoms with Crippen molar-refractivity contribution < 1.29 is 24.6 Å². The van der Waals surface area contributed by atoms with Crippen LogP contribution in [0.4, 0.5) is 5.95 Å². The van der Waals surface area contributed by atoms with Gasteiger partial charge in [0.2, 0.25) is 5.95 Å². The molecule has 3 aromatic rings. The molecule has 11 nitrogen and oxygen atoms in total. The number of H-pyrrole nitrogens is 2. The van der Waals surface area contributed by atoms with E-state index >= 15 is 0 Å². The number of nitrogens with zero attached hydrogens (tertiary/aromatic N) is 1. The van der Waals surface area contributed by atoms with Crippen molar-refractivity contribution in [1.29, 1.82) is 0 Å². The van der Waals surface area contributed by atoms with Gasteiger partial charge in [0.1, 0.15) is 11.7 Å². The first-order valence-corrected chi connectivity index (χ1v) is 9.94. The van der Waals surface area contributed by atoms with Crippen LogP contribution < -0.4 is 16.6 Å². The highest BCUT2D eigenvalue weighted by Crippen LogP contribution is 2.14. The molecule has 0 aliphatic carbocycles. The number of hydrogen-bond acceptors (Lipinski definition) is 6. The number of carboxylic acid groups (broad SMARTS) is 2. The number of aliphatic carboxylic acids is 2. The van der Waals surface area contributed by atoms with E-state index in [2.05, 4.69) is 20.3 Å². The average Bonchev–Trinajstić information content (AvgIpc) is 3.14. The maximum absolute atomic E-state index is 12.4. The van der Waals surface area contributed by atoms with Crippen molar-refractivity contribution in [3.05, 3.63) is 57.5 Å². The van der Waals surface area contributed by atoms with Crippen molar-refractivity contribution in [2.24, 2.45) is 0 Å². The van der Waals surface area contributed by atoms with Crippen LogP contribution in [0.3, 0.4) is 0 Å². The van der Waals surface area contributed by atoms with Crippen molar-refractivity contribution in [2.75, 3.05) is 5.73 Å². The van der Waals surface area contributed by atoms with E-state index in [0.29, 0.717) is 29.4 Å². The quantitative estimate of drug-likeness (QED) is 0.189. The third-order valence-corrected chi connectivity index (χ3v) is 4.92. The average molecular weight is 554 g/mol. The van der Waals surface area contributed by atoms with Crippen molar-refractivity contribution in [3.63, 3.8) is 0 Å². The highest BCUT2D eigenvalue weighted by Gasteiger charge is 2.21. The Kier molecular flexibility index (Phi) is 22.9. The Bertz CT molecular complexity index is 1220. The lowest BCUT2D eigenvalue weighted by atomic mass is 10.0. The van der Waals surface area contributed by atoms with Crippen molar-refractivity contribution in [1.82, 2.24) is 20.3 Å². The third kappa shape index (κ3) is 12.3. The number of fused-ring (bicyclic) bond motifs is 1. The van der Waals surface area contributed by atoms with E-state index in [4.69, 9.17) is 10.8 Å². The summed E-state index contributed by atoms with van der Waals surface area (Å²) < 4.78 is 0. The third-order valence-electron chi connectivity index (χ3n) is 4.92. The second-order valence-electron chi connectivity index (χ2n) is 7.36. The number of nitrogens with two attached hydrogens (primary N) is 1. The predicted octanol–water partition coefficient (Wildman–Crippen LogP) is 5.51. The first kappa shape index (κ1) is 44.8. The number of aromatic nitrogens is 3. The molecule has 0 saturated heterocycles. The van der Waals surface area contributed by atoms with Gasteiger partial charge in [-0.1, -0.05) is 64.1 Å². The molecular weight excluding hydrogens is 502 g/mol. The maximum atomic E-state index is 12.4. The Labute approximate surface area is 233 Å². The largest absolute Gasteiger partial charge is 0.481 e. The van der Waals surface area contributed by atoms with Gasteiger partial charge in [-0.3, -0.25) is 19.4 Å². The van der Waals surface area contributed by atoms with Crippen LogP contribution in [0.15, 0.2) is 35.1 Å². The minimum absolute atomic E-state index is 0. The van der Waals surface area contributed by atoms with Gasteiger partial charge in [-0.15, -0.1) is 0 Å². The molecule has 0 radical (unpaired) electrons. The molecule has 0 aliphatic heterocycles. The molecule has 1 amide bonds. The number of amides is 1. The Hall–Kier alpha value is -4.15. The fourth-order valence-electron chi connectivity index (χ4n) is 3.34. The molecule has 39 heavy (non-hydrogen) atoms. The summed E-state index contributed by atoms with van der Waals surface area (Å²) in [6.45, 7) is 0. The van der Waals surface area contributed by atoms with Crippen LogP contribution in [-0.2, 0) is 22.4 Å². The SMILES string of the molecule is C.C.C.C.C.C.C.Nc1nc2[nH]c(CCCc3cccc(C(=O)N[C@@H](CCC(=O)O)C(=O)O)c3)cc2c(=O)[nH]1. The fraction of sp³-hybridized carbons (Fsp3) is 0.464. The van der Waals surface area contributed by atoms with Gasteiger partial charge in [0.05, 0.1) is 5.39 Å². The minimum Gasteiger partial charge on any atom is -0.481 e. The van der Waals surface area contributed by atoms with E-state index < -0.39 is 23.9 Å². The molecular formula is C28H51N5O6. The lowest BCUT2D eigenvalue weighted by Crippen LogP contribution is -2.41. The Morgan fingerprint density at radius 1 is 0.949 bits per heavy atom. The molecule has 2 heterocycles. The van der Waals surface area contributed by atoms with Crippen molar-refractivity contribution in [3.8, 4) is 0 Å². The summed E-state index contributed by atoms with van der Waals surface area (Å²) in [4.78, 5) is 55.9. The maximum Gasteiger partial charge on any atom is 0.326 e. The van der Waals surface area contributed by atoms with Crippen molar-refractivity contribution >= 4 is 34.8 Å². The molecule has 0 spiro atoms. The highest BCUT2D eigenvalue weighted by molar-refractivity contribution is 5.96. The van der Waals surface area contributed by atoms with Crippen molar-refractivity contribution in [2.45, 2.75) is 90.1 Å². The summed E-state index contributed by atoms with van der Waals surface area (Å²) in [5, 5.41) is 20.7. The van der Waals surface area contributed by atoms with Crippen LogP contribution in [0.1, 0.15) is 92.9 Å². The van der Waals surface area contributed by atoms with Gasteiger partial charge in [0.25, 0.3) is 11.5 Å². The van der Waals surface area contributed by atoms with E-state index in [1.807, 2.05) is 6.07 Å². The van der Waals surface area contributed by atoms with Gasteiger partial charge < -0.3 is 26.2 Å². The van der Waals surface area contributed by atoms with E-state index in [1.54, 1.807) is 24.3 Å². The first-order valence-electron chi connectivity index (χ1n) is 9.94. The molecule has 11 heteroatoms. The van der Waals surface area contributed by atoms with E-state index in [-0.39, 0.29) is 76.3 Å². The summed E-state index contributed by atoms with van der Waals surface area (Å²) in [7, 11) is 0. The van der Waals surface area contributed by atoms with Crippen LogP contribution in [-0.4, -0.2) is 49.1 Å². The van der Waals surface area contributed by atoms with Crippen LogP contribution in [0.25, 0.3) is 11.0 Å². The predicted molar refractivity (Wildman–Crippen MR) is 162 cm³/mol. The normalized spacial score (nSPS) is 9.74. The zero-order valence-electron chi connectivity index (χ0n) is 17.1. The molecule has 0 fully saturated rings.